The first kappa shape index (κ1) is 34.4. The molecule has 4 heterocycles. The Labute approximate surface area is 344 Å². The van der Waals surface area contributed by atoms with Crippen molar-refractivity contribution in [3.63, 3.8) is 0 Å². The Balaban J connectivity index is 1.14. The molecule has 59 heavy (non-hydrogen) atoms. The number of H-pyrrole nitrogens is 1. The van der Waals surface area contributed by atoms with Gasteiger partial charge in [-0.1, -0.05) is 36.4 Å². The van der Waals surface area contributed by atoms with Crippen LogP contribution in [0.25, 0.3) is 88.4 Å². The van der Waals surface area contributed by atoms with Crippen molar-refractivity contribution in [1.29, 1.82) is 0 Å². The van der Waals surface area contributed by atoms with Gasteiger partial charge < -0.3 is 14.1 Å². The predicted molar refractivity (Wildman–Crippen MR) is 247 cm³/mol. The summed E-state index contributed by atoms with van der Waals surface area (Å²) in [6, 6.07) is 35.3. The second-order valence-electron chi connectivity index (χ2n) is 17.5. The fourth-order valence-corrected chi connectivity index (χ4v) is 10.9. The van der Waals surface area contributed by atoms with Gasteiger partial charge in [0.15, 0.2) is 0 Å². The summed E-state index contributed by atoms with van der Waals surface area (Å²) in [5.41, 5.74) is 29.6. The number of fused-ring (bicyclic) bond motifs is 8. The summed E-state index contributed by atoms with van der Waals surface area (Å²) in [6.07, 6.45) is 12.2. The molecule has 0 atom stereocenters. The molecular formula is C55H46N4. The Morgan fingerprint density at radius 1 is 0.492 bits per heavy atom. The molecule has 0 bridgehead atoms. The molecule has 6 aromatic carbocycles. The molecule has 4 heteroatoms. The van der Waals surface area contributed by atoms with E-state index in [1.807, 2.05) is 12.4 Å². The molecule has 2 aliphatic rings. The number of nitrogens with one attached hydrogen (secondary N) is 1. The Morgan fingerprint density at radius 3 is 1.46 bits per heavy atom. The monoisotopic (exact) mass is 762 g/mol. The second-order valence-corrected chi connectivity index (χ2v) is 17.5. The van der Waals surface area contributed by atoms with Crippen molar-refractivity contribution < 1.29 is 0 Å². The summed E-state index contributed by atoms with van der Waals surface area (Å²) in [7, 11) is 0. The zero-order valence-electron chi connectivity index (χ0n) is 34.6. The third-order valence-corrected chi connectivity index (χ3v) is 14.3. The lowest BCUT2D eigenvalue weighted by Crippen LogP contribution is -2.16. The van der Waals surface area contributed by atoms with E-state index in [9.17, 15) is 0 Å². The molecule has 0 saturated carbocycles. The molecule has 0 spiro atoms. The average molecular weight is 763 g/mol. The molecule has 10 aromatic rings. The molecule has 0 radical (unpaired) electrons. The maximum absolute atomic E-state index is 4.64. The van der Waals surface area contributed by atoms with E-state index in [2.05, 4.69) is 164 Å². The quantitative estimate of drug-likeness (QED) is 0.191. The van der Waals surface area contributed by atoms with Gasteiger partial charge in [0.2, 0.25) is 0 Å². The van der Waals surface area contributed by atoms with Crippen LogP contribution in [0.2, 0.25) is 0 Å². The van der Waals surface area contributed by atoms with Crippen LogP contribution in [0.3, 0.4) is 0 Å². The zero-order chi connectivity index (χ0) is 39.8. The number of benzene rings is 6. The largest absolute Gasteiger partial charge is 0.366 e. The fraction of sp³-hybridized carbons (Fsp3) is 0.182. The van der Waals surface area contributed by atoms with Crippen LogP contribution >= 0.6 is 0 Å². The highest BCUT2D eigenvalue weighted by atomic mass is 15.0. The molecule has 0 amide bonds. The van der Waals surface area contributed by atoms with Gasteiger partial charge in [0.05, 0.1) is 39.6 Å². The highest BCUT2D eigenvalue weighted by Gasteiger charge is 2.33. The minimum atomic E-state index is 0.979. The number of hydrogen-bond acceptors (Lipinski definition) is 1. The molecule has 286 valence electrons. The molecule has 0 fully saturated rings. The molecule has 4 nitrogen and oxygen atoms in total. The maximum Gasteiger partial charge on any atom is 0.0645 e. The molecule has 1 N–H and O–H groups in total. The third kappa shape index (κ3) is 4.86. The first-order valence-corrected chi connectivity index (χ1v) is 21.2. The lowest BCUT2D eigenvalue weighted by molar-refractivity contribution is 0.883. The highest BCUT2D eigenvalue weighted by Crippen LogP contribution is 2.51. The summed E-state index contributed by atoms with van der Waals surface area (Å²) in [5.74, 6) is 0. The summed E-state index contributed by atoms with van der Waals surface area (Å²) in [6.45, 7) is 13.4. The predicted octanol–water partition coefficient (Wildman–Crippen LogP) is 13.7. The average Bonchev–Trinajstić information content (AvgIpc) is 3.98. The normalized spacial score (nSPS) is 13.3. The standard InChI is InChI=1S/C55H46N4/c1-30-20-40(21-31(2)34(30)5)36-11-15-50-46(24-36)48-26-38-9-10-39-27-49-47-25-37(41-22-32(3)35(6)33(4)23-41)12-16-51(47)59(43-17-19-57-29-43)55(49)45-14-13-44(52(38)53(39)45)54(48)58(50)42-8-7-18-56-28-42/h7-8,11-12,15-29,57H,9-10,13-14H2,1-6H3. The number of aromatic amines is 1. The van der Waals surface area contributed by atoms with Crippen molar-refractivity contribution in [2.45, 2.75) is 67.2 Å². The fourth-order valence-electron chi connectivity index (χ4n) is 10.9. The molecule has 4 aromatic heterocycles. The van der Waals surface area contributed by atoms with Crippen LogP contribution in [0.4, 0.5) is 0 Å². The van der Waals surface area contributed by atoms with Crippen LogP contribution in [0.5, 0.6) is 0 Å². The van der Waals surface area contributed by atoms with Gasteiger partial charge >= 0.3 is 0 Å². The Morgan fingerprint density at radius 2 is 1.00 bits per heavy atom. The van der Waals surface area contributed by atoms with Crippen molar-refractivity contribution >= 4 is 43.6 Å². The molecule has 12 rings (SSSR count). The number of nitrogens with zero attached hydrogens (tertiary/aromatic N) is 3. The molecule has 0 unspecified atom stereocenters. The number of rotatable bonds is 4. The van der Waals surface area contributed by atoms with Crippen LogP contribution in [0.15, 0.2) is 116 Å². The second kappa shape index (κ2) is 12.4. The summed E-state index contributed by atoms with van der Waals surface area (Å²) >= 11 is 0. The van der Waals surface area contributed by atoms with Crippen LogP contribution in [-0.2, 0) is 25.7 Å². The van der Waals surface area contributed by atoms with Gasteiger partial charge in [-0.2, -0.15) is 0 Å². The van der Waals surface area contributed by atoms with E-state index in [-0.39, 0.29) is 0 Å². The summed E-state index contributed by atoms with van der Waals surface area (Å²) in [5, 5.41) is 5.35. The minimum absolute atomic E-state index is 0.979. The third-order valence-electron chi connectivity index (χ3n) is 14.3. The van der Waals surface area contributed by atoms with Gasteiger partial charge in [-0.05, 0) is 211 Å². The first-order chi connectivity index (χ1) is 28.7. The maximum atomic E-state index is 4.64. The van der Waals surface area contributed by atoms with E-state index in [1.165, 1.54) is 138 Å². The lowest BCUT2D eigenvalue weighted by atomic mass is 9.74. The van der Waals surface area contributed by atoms with Crippen molar-refractivity contribution in [1.82, 2.24) is 19.1 Å². The molecule has 0 saturated heterocycles. The van der Waals surface area contributed by atoms with Crippen molar-refractivity contribution in [3.8, 4) is 44.8 Å². The van der Waals surface area contributed by atoms with Gasteiger partial charge in [-0.3, -0.25) is 4.98 Å². The zero-order valence-corrected chi connectivity index (χ0v) is 34.6. The molecule has 2 aliphatic carbocycles. The van der Waals surface area contributed by atoms with E-state index in [4.69, 9.17) is 0 Å². The van der Waals surface area contributed by atoms with E-state index in [1.54, 1.807) is 0 Å². The van der Waals surface area contributed by atoms with Crippen LogP contribution in [0, 0.1) is 41.5 Å². The molecular weight excluding hydrogens is 717 g/mol. The van der Waals surface area contributed by atoms with Crippen LogP contribution < -0.4 is 0 Å². The van der Waals surface area contributed by atoms with Crippen LogP contribution in [0.1, 0.15) is 55.6 Å². The van der Waals surface area contributed by atoms with E-state index >= 15 is 0 Å². The minimum Gasteiger partial charge on any atom is -0.366 e. The van der Waals surface area contributed by atoms with Gasteiger partial charge in [0, 0.05) is 40.1 Å². The summed E-state index contributed by atoms with van der Waals surface area (Å²) in [4.78, 5) is 8.02. The van der Waals surface area contributed by atoms with Crippen molar-refractivity contribution in [2.75, 3.05) is 0 Å². The Hall–Kier alpha value is -6.65. The van der Waals surface area contributed by atoms with E-state index in [0.717, 1.165) is 31.4 Å². The van der Waals surface area contributed by atoms with E-state index in [0.29, 0.717) is 0 Å². The number of hydrogen-bond donors (Lipinski definition) is 1. The van der Waals surface area contributed by atoms with Crippen molar-refractivity contribution in [2.24, 2.45) is 0 Å². The Kier molecular flexibility index (Phi) is 7.24. The van der Waals surface area contributed by atoms with Crippen LogP contribution in [-0.4, -0.2) is 19.1 Å². The van der Waals surface area contributed by atoms with Gasteiger partial charge in [-0.25, -0.2) is 0 Å². The van der Waals surface area contributed by atoms with Crippen molar-refractivity contribution in [3.05, 3.63) is 171 Å². The first-order valence-electron chi connectivity index (χ1n) is 21.2. The number of pyridine rings is 1. The smallest absolute Gasteiger partial charge is 0.0645 e. The highest BCUT2D eigenvalue weighted by molar-refractivity contribution is 6.17. The van der Waals surface area contributed by atoms with E-state index < -0.39 is 0 Å². The molecule has 0 aliphatic heterocycles. The lowest BCUT2D eigenvalue weighted by Gasteiger charge is -2.31. The van der Waals surface area contributed by atoms with Gasteiger partial charge in [-0.15, -0.1) is 0 Å². The summed E-state index contributed by atoms with van der Waals surface area (Å²) < 4.78 is 5.04. The van der Waals surface area contributed by atoms with Gasteiger partial charge in [0.1, 0.15) is 0 Å². The topological polar surface area (TPSA) is 38.5 Å². The van der Waals surface area contributed by atoms with Gasteiger partial charge in [0.25, 0.3) is 0 Å². The SMILES string of the molecule is Cc1cc(-c2ccc3c(c2)c2cc4c5c(c2n3-c2cccnc2)CCc2c-5c(cc3c5cc(-c6cc(C)c(C)c(C)c6)ccc5n(-c5cc[nH]c5)c23)CC4)cc(C)c1C. The number of aryl methyl sites for hydroxylation is 8. The number of aromatic nitrogens is 4. The Bertz CT molecular complexity index is 3380.